The molecule has 2 N–H and O–H groups in total. The highest BCUT2D eigenvalue weighted by Gasteiger charge is 2.48. The Hall–Kier alpha value is -3.56. The summed E-state index contributed by atoms with van der Waals surface area (Å²) in [5, 5.41) is 25.5. The maximum atomic E-state index is 16.2. The molecule has 0 radical (unpaired) electrons. The number of hydrogen-bond acceptors (Lipinski definition) is 6. The van der Waals surface area contributed by atoms with Crippen molar-refractivity contribution in [2.45, 2.75) is 111 Å². The molecule has 0 spiro atoms. The number of nitrogens with zero attached hydrogens (tertiary/aromatic N) is 2. The van der Waals surface area contributed by atoms with Crippen LogP contribution in [0.1, 0.15) is 97.1 Å². The summed E-state index contributed by atoms with van der Waals surface area (Å²) in [7, 11) is -2.53. The van der Waals surface area contributed by atoms with Crippen molar-refractivity contribution in [2.75, 3.05) is 5.32 Å². The van der Waals surface area contributed by atoms with Crippen molar-refractivity contribution in [3.05, 3.63) is 57.9 Å². The molecule has 7 nitrogen and oxygen atoms in total. The van der Waals surface area contributed by atoms with Gasteiger partial charge >= 0.3 is 6.09 Å². The first kappa shape index (κ1) is 33.6. The normalized spacial score (nSPS) is 11.8. The first-order valence-corrected chi connectivity index (χ1v) is 16.4. The van der Waals surface area contributed by atoms with Gasteiger partial charge in [0.05, 0.1) is 17.2 Å². The lowest BCUT2D eigenvalue weighted by atomic mass is 10.0. The fourth-order valence-corrected chi connectivity index (χ4v) is 10.8. The van der Waals surface area contributed by atoms with Gasteiger partial charge < -0.3 is 19.8 Å². The molecule has 1 amide bonds. The van der Waals surface area contributed by atoms with E-state index in [1.807, 2.05) is 6.92 Å². The molecule has 9 heteroatoms. The Morgan fingerprint density at radius 3 is 2.05 bits per heavy atom. The van der Waals surface area contributed by atoms with Crippen molar-refractivity contribution in [1.29, 1.82) is 10.5 Å². The summed E-state index contributed by atoms with van der Waals surface area (Å²) in [4.78, 5) is 12.1. The number of anilines is 1. The molecule has 41 heavy (non-hydrogen) atoms. The second kappa shape index (κ2) is 13.9. The van der Waals surface area contributed by atoms with Gasteiger partial charge in [-0.15, -0.1) is 0 Å². The van der Waals surface area contributed by atoms with Crippen molar-refractivity contribution in [2.24, 2.45) is 0 Å². The van der Waals surface area contributed by atoms with Gasteiger partial charge in [-0.25, -0.2) is 9.18 Å². The van der Waals surface area contributed by atoms with E-state index in [9.17, 15) is 15.3 Å². The predicted molar refractivity (Wildman–Crippen MR) is 164 cm³/mol. The molecule has 0 aromatic heterocycles. The number of alkyl carbamates (subject to hydrolysis) is 1. The SMILES string of the molecule is CCc1cc(CNc2ccc(C#N)c(CNC(=O)OC(C)(C)C)c2)c(F)c(O[Si](C(C)C)(C(C)C)C(C)C)c1C#N. The van der Waals surface area contributed by atoms with Crippen molar-refractivity contribution < 1.29 is 18.3 Å². The van der Waals surface area contributed by atoms with Crippen LogP contribution in [0.2, 0.25) is 16.6 Å². The average molecular weight is 581 g/mol. The number of nitrogens with one attached hydrogen (secondary N) is 2. The zero-order chi connectivity index (χ0) is 31.1. The monoisotopic (exact) mass is 580 g/mol. The van der Waals surface area contributed by atoms with Gasteiger partial charge in [0.15, 0.2) is 11.6 Å². The van der Waals surface area contributed by atoms with E-state index in [1.54, 1.807) is 45.0 Å². The molecular formula is C32H45FN4O3Si. The van der Waals surface area contributed by atoms with Crippen LogP contribution in [0, 0.1) is 28.5 Å². The molecule has 0 bridgehead atoms. The predicted octanol–water partition coefficient (Wildman–Crippen LogP) is 8.32. The molecule has 2 aromatic carbocycles. The number of nitriles is 2. The third-order valence-electron chi connectivity index (χ3n) is 7.39. The van der Waals surface area contributed by atoms with Crippen LogP contribution >= 0.6 is 0 Å². The Kier molecular flexibility index (Phi) is 11.4. The van der Waals surface area contributed by atoms with E-state index in [0.717, 1.165) is 5.56 Å². The van der Waals surface area contributed by atoms with Gasteiger partial charge in [0.2, 0.25) is 0 Å². The minimum Gasteiger partial charge on any atom is -0.540 e. The molecule has 0 saturated carbocycles. The maximum Gasteiger partial charge on any atom is 0.407 e. The van der Waals surface area contributed by atoms with E-state index in [4.69, 9.17) is 9.16 Å². The van der Waals surface area contributed by atoms with E-state index in [-0.39, 0.29) is 41.0 Å². The number of hydrogen-bond donors (Lipinski definition) is 2. The summed E-state index contributed by atoms with van der Waals surface area (Å²) < 4.78 is 28.2. The Bertz CT molecular complexity index is 1300. The van der Waals surface area contributed by atoms with Crippen LogP contribution in [0.3, 0.4) is 0 Å². The molecule has 0 heterocycles. The Balaban J connectivity index is 2.44. The summed E-state index contributed by atoms with van der Waals surface area (Å²) in [5.74, 6) is -0.459. The highest BCUT2D eigenvalue weighted by Crippen LogP contribution is 2.45. The van der Waals surface area contributed by atoms with Crippen molar-refractivity contribution in [1.82, 2.24) is 5.32 Å². The first-order chi connectivity index (χ1) is 19.1. The number of carbonyl (C=O) groups excluding carboxylic acids is 1. The van der Waals surface area contributed by atoms with Gasteiger partial charge in [0.25, 0.3) is 8.32 Å². The molecule has 0 saturated heterocycles. The Morgan fingerprint density at radius 2 is 1.56 bits per heavy atom. The van der Waals surface area contributed by atoms with Gasteiger partial charge in [-0.05, 0) is 79.2 Å². The van der Waals surface area contributed by atoms with E-state index in [0.29, 0.717) is 28.8 Å². The Labute approximate surface area is 246 Å². The summed E-state index contributed by atoms with van der Waals surface area (Å²) in [6.07, 6.45) is -0.0217. The smallest absolute Gasteiger partial charge is 0.407 e. The van der Waals surface area contributed by atoms with Gasteiger partial charge in [0, 0.05) is 24.3 Å². The second-order valence-electron chi connectivity index (χ2n) is 12.3. The molecular weight excluding hydrogens is 535 g/mol. The second-order valence-corrected chi connectivity index (χ2v) is 17.7. The minimum atomic E-state index is -2.53. The lowest BCUT2D eigenvalue weighted by Gasteiger charge is -2.42. The van der Waals surface area contributed by atoms with Crippen LogP contribution in [-0.2, 0) is 24.2 Å². The molecule has 2 rings (SSSR count). The zero-order valence-electron chi connectivity index (χ0n) is 26.2. The third-order valence-corrected chi connectivity index (χ3v) is 13.4. The summed E-state index contributed by atoms with van der Waals surface area (Å²) in [6, 6.07) is 11.2. The van der Waals surface area contributed by atoms with Gasteiger partial charge in [-0.3, -0.25) is 0 Å². The molecule has 0 aliphatic rings. The number of aryl methyl sites for hydroxylation is 1. The molecule has 0 aliphatic carbocycles. The summed E-state index contributed by atoms with van der Waals surface area (Å²) in [6.45, 7) is 20.3. The molecule has 0 unspecified atom stereocenters. The number of halogens is 1. The number of rotatable bonds is 11. The number of ether oxygens (including phenoxy) is 1. The van der Waals surface area contributed by atoms with E-state index in [1.165, 1.54) is 0 Å². The summed E-state index contributed by atoms with van der Waals surface area (Å²) in [5.41, 5.74) is 3.07. The van der Waals surface area contributed by atoms with Crippen LogP contribution < -0.4 is 15.1 Å². The lowest BCUT2D eigenvalue weighted by Crippen LogP contribution is -2.51. The molecule has 0 atom stereocenters. The van der Waals surface area contributed by atoms with Crippen LogP contribution in [0.5, 0.6) is 5.75 Å². The molecule has 222 valence electrons. The molecule has 2 aromatic rings. The average Bonchev–Trinajstić information content (AvgIpc) is 2.88. The highest BCUT2D eigenvalue weighted by molar-refractivity contribution is 6.78. The van der Waals surface area contributed by atoms with E-state index >= 15 is 4.39 Å². The van der Waals surface area contributed by atoms with Gasteiger partial charge in [0.1, 0.15) is 11.7 Å². The van der Waals surface area contributed by atoms with Crippen LogP contribution in [0.15, 0.2) is 24.3 Å². The number of benzene rings is 2. The van der Waals surface area contributed by atoms with Crippen molar-refractivity contribution >= 4 is 20.1 Å². The number of carbonyl (C=O) groups is 1. The van der Waals surface area contributed by atoms with E-state index < -0.39 is 25.8 Å². The summed E-state index contributed by atoms with van der Waals surface area (Å²) >= 11 is 0. The minimum absolute atomic E-state index is 0.0634. The highest BCUT2D eigenvalue weighted by atomic mass is 28.4. The molecule has 0 aliphatic heterocycles. The fraction of sp³-hybridized carbons (Fsp3) is 0.531. The van der Waals surface area contributed by atoms with Crippen LogP contribution in [0.25, 0.3) is 0 Å². The van der Waals surface area contributed by atoms with Gasteiger partial charge in [-0.2, -0.15) is 10.5 Å². The van der Waals surface area contributed by atoms with E-state index in [2.05, 4.69) is 64.3 Å². The quantitative estimate of drug-likeness (QED) is 0.259. The fourth-order valence-electron chi connectivity index (χ4n) is 5.54. The van der Waals surface area contributed by atoms with Crippen molar-refractivity contribution in [3.8, 4) is 17.9 Å². The largest absolute Gasteiger partial charge is 0.540 e. The van der Waals surface area contributed by atoms with Crippen LogP contribution in [-0.4, -0.2) is 20.0 Å². The topological polar surface area (TPSA) is 107 Å². The standard InChI is InChI=1S/C32H45FN4O3Si/c1-11-23-14-26(29(33)30(28(23)17-35)40-41(20(2)3,21(4)5)22(6)7)19-36-27-13-12-24(16-34)25(15-27)18-37-31(38)39-32(8,9)10/h12-15,20-22,36H,11,18-19H2,1-10H3,(H,37,38). The van der Waals surface area contributed by atoms with Crippen LogP contribution in [0.4, 0.5) is 14.9 Å². The lowest BCUT2D eigenvalue weighted by molar-refractivity contribution is 0.0523. The first-order valence-electron chi connectivity index (χ1n) is 14.3. The maximum absolute atomic E-state index is 16.2. The van der Waals surface area contributed by atoms with Crippen molar-refractivity contribution in [3.63, 3.8) is 0 Å². The Morgan fingerprint density at radius 1 is 0.951 bits per heavy atom. The zero-order valence-corrected chi connectivity index (χ0v) is 27.2. The third kappa shape index (κ3) is 8.01. The van der Waals surface area contributed by atoms with Gasteiger partial charge in [-0.1, -0.05) is 48.5 Å². The molecule has 0 fully saturated rings. The number of amides is 1.